The Labute approximate surface area is 101 Å². The van der Waals surface area contributed by atoms with Crippen LogP contribution in [-0.2, 0) is 0 Å². The van der Waals surface area contributed by atoms with E-state index in [0.717, 1.165) is 30.2 Å². The Morgan fingerprint density at radius 1 is 1.24 bits per heavy atom. The fourth-order valence-electron chi connectivity index (χ4n) is 1.57. The van der Waals surface area contributed by atoms with Gasteiger partial charge in [-0.25, -0.2) is 0 Å². The number of aromatic nitrogens is 3. The van der Waals surface area contributed by atoms with E-state index in [4.69, 9.17) is 4.74 Å². The first-order valence-electron chi connectivity index (χ1n) is 5.98. The lowest BCUT2D eigenvalue weighted by molar-refractivity contribution is 0.305. The Hall–Kier alpha value is -1.84. The molecule has 2 rings (SSSR count). The first-order valence-corrected chi connectivity index (χ1v) is 5.98. The molecule has 2 heterocycles. The van der Waals surface area contributed by atoms with Crippen LogP contribution in [0.4, 0.5) is 0 Å². The molecule has 0 fully saturated rings. The van der Waals surface area contributed by atoms with Gasteiger partial charge in [0, 0.05) is 6.20 Å². The van der Waals surface area contributed by atoms with Crippen LogP contribution in [0.3, 0.4) is 0 Å². The van der Waals surface area contributed by atoms with E-state index >= 15 is 0 Å². The van der Waals surface area contributed by atoms with Crippen LogP contribution >= 0.6 is 0 Å². The minimum atomic E-state index is 0.763. The van der Waals surface area contributed by atoms with E-state index in [1.165, 1.54) is 12.8 Å². The third-order valence-electron chi connectivity index (χ3n) is 2.53. The molecule has 2 aromatic rings. The largest absolute Gasteiger partial charge is 0.492 e. The molecule has 0 aliphatic heterocycles. The lowest BCUT2D eigenvalue weighted by atomic mass is 10.2. The van der Waals surface area contributed by atoms with Gasteiger partial charge in [-0.2, -0.15) is 5.10 Å². The zero-order valence-electron chi connectivity index (χ0n) is 10.0. The first-order chi connectivity index (χ1) is 8.40. The van der Waals surface area contributed by atoms with Crippen LogP contribution in [-0.4, -0.2) is 21.8 Å². The van der Waals surface area contributed by atoms with E-state index in [-0.39, 0.29) is 0 Å². The maximum Gasteiger partial charge on any atom is 0.137 e. The molecule has 90 valence electrons. The van der Waals surface area contributed by atoms with Gasteiger partial charge in [-0.3, -0.25) is 10.1 Å². The van der Waals surface area contributed by atoms with Crippen LogP contribution in [0.25, 0.3) is 11.4 Å². The molecule has 0 radical (unpaired) electrons. The minimum absolute atomic E-state index is 0.763. The van der Waals surface area contributed by atoms with Gasteiger partial charge < -0.3 is 4.74 Å². The molecule has 1 N–H and O–H groups in total. The van der Waals surface area contributed by atoms with Crippen LogP contribution in [0.5, 0.6) is 5.75 Å². The molecule has 0 aromatic carbocycles. The standard InChI is InChI=1S/C13H17N3O/c1-2-3-4-9-17-11-5-6-12(14-10-11)13-7-8-15-16-13/h5-8,10H,2-4,9H2,1H3,(H,15,16). The number of nitrogens with zero attached hydrogens (tertiary/aromatic N) is 2. The summed E-state index contributed by atoms with van der Waals surface area (Å²) in [6.45, 7) is 2.94. The van der Waals surface area contributed by atoms with Crippen molar-refractivity contribution in [2.24, 2.45) is 0 Å². The Kier molecular flexibility index (Phi) is 4.13. The van der Waals surface area contributed by atoms with Gasteiger partial charge in [0.05, 0.1) is 24.2 Å². The summed E-state index contributed by atoms with van der Waals surface area (Å²) < 4.78 is 5.59. The average Bonchev–Trinajstić information content (AvgIpc) is 2.89. The van der Waals surface area contributed by atoms with Gasteiger partial charge in [0.25, 0.3) is 0 Å². The van der Waals surface area contributed by atoms with Crippen LogP contribution < -0.4 is 4.74 Å². The summed E-state index contributed by atoms with van der Waals surface area (Å²) in [7, 11) is 0. The molecule has 17 heavy (non-hydrogen) atoms. The molecule has 4 heteroatoms. The molecule has 0 aliphatic rings. The summed E-state index contributed by atoms with van der Waals surface area (Å²) in [4.78, 5) is 4.32. The van der Waals surface area contributed by atoms with Crippen molar-refractivity contribution in [3.05, 3.63) is 30.6 Å². The van der Waals surface area contributed by atoms with E-state index in [9.17, 15) is 0 Å². The predicted molar refractivity (Wildman–Crippen MR) is 66.8 cm³/mol. The molecule has 0 saturated carbocycles. The van der Waals surface area contributed by atoms with E-state index in [1.54, 1.807) is 12.4 Å². The molecule has 4 nitrogen and oxygen atoms in total. The summed E-state index contributed by atoms with van der Waals surface area (Å²) in [5.41, 5.74) is 1.80. The molecule has 0 aliphatic carbocycles. The normalized spacial score (nSPS) is 10.4. The minimum Gasteiger partial charge on any atom is -0.492 e. The Morgan fingerprint density at radius 3 is 2.82 bits per heavy atom. The summed E-state index contributed by atoms with van der Waals surface area (Å²) >= 11 is 0. The molecular weight excluding hydrogens is 214 g/mol. The maximum atomic E-state index is 5.59. The highest BCUT2D eigenvalue weighted by molar-refractivity contribution is 5.53. The van der Waals surface area contributed by atoms with Gasteiger partial charge in [0.1, 0.15) is 5.75 Å². The fourth-order valence-corrected chi connectivity index (χ4v) is 1.57. The lowest BCUT2D eigenvalue weighted by Crippen LogP contribution is -1.97. The highest BCUT2D eigenvalue weighted by Gasteiger charge is 2.00. The van der Waals surface area contributed by atoms with Crippen molar-refractivity contribution < 1.29 is 4.74 Å². The smallest absolute Gasteiger partial charge is 0.137 e. The van der Waals surface area contributed by atoms with Crippen molar-refractivity contribution in [2.45, 2.75) is 26.2 Å². The van der Waals surface area contributed by atoms with Crippen LogP contribution in [0, 0.1) is 0 Å². The second-order valence-electron chi connectivity index (χ2n) is 3.91. The predicted octanol–water partition coefficient (Wildman–Crippen LogP) is 3.04. The summed E-state index contributed by atoms with van der Waals surface area (Å²) in [6, 6.07) is 5.77. The molecule has 0 unspecified atom stereocenters. The molecule has 0 bridgehead atoms. The number of nitrogens with one attached hydrogen (secondary N) is 1. The van der Waals surface area contributed by atoms with Crippen molar-refractivity contribution in [3.8, 4) is 17.1 Å². The van der Waals surface area contributed by atoms with Crippen molar-refractivity contribution in [1.29, 1.82) is 0 Å². The van der Waals surface area contributed by atoms with Crippen molar-refractivity contribution in [2.75, 3.05) is 6.61 Å². The highest BCUT2D eigenvalue weighted by Crippen LogP contribution is 2.16. The number of hydrogen-bond donors (Lipinski definition) is 1. The number of pyridine rings is 1. The summed E-state index contributed by atoms with van der Waals surface area (Å²) in [5, 5.41) is 6.77. The van der Waals surface area contributed by atoms with Crippen LogP contribution in [0.2, 0.25) is 0 Å². The van der Waals surface area contributed by atoms with E-state index in [0.29, 0.717) is 0 Å². The third-order valence-corrected chi connectivity index (χ3v) is 2.53. The average molecular weight is 231 g/mol. The number of hydrogen-bond acceptors (Lipinski definition) is 3. The Balaban J connectivity index is 1.90. The maximum absolute atomic E-state index is 5.59. The van der Waals surface area contributed by atoms with Gasteiger partial charge in [-0.15, -0.1) is 0 Å². The second-order valence-corrected chi connectivity index (χ2v) is 3.91. The van der Waals surface area contributed by atoms with Gasteiger partial charge in [0.15, 0.2) is 0 Å². The molecule has 2 aromatic heterocycles. The number of rotatable bonds is 6. The number of aromatic amines is 1. The highest BCUT2D eigenvalue weighted by atomic mass is 16.5. The van der Waals surface area contributed by atoms with Gasteiger partial charge in [0.2, 0.25) is 0 Å². The molecule has 0 amide bonds. The van der Waals surface area contributed by atoms with Gasteiger partial charge in [-0.1, -0.05) is 19.8 Å². The lowest BCUT2D eigenvalue weighted by Gasteiger charge is -2.05. The van der Waals surface area contributed by atoms with Crippen LogP contribution in [0.15, 0.2) is 30.6 Å². The summed E-state index contributed by atoms with van der Waals surface area (Å²) in [5.74, 6) is 0.823. The van der Waals surface area contributed by atoms with E-state index < -0.39 is 0 Å². The Morgan fingerprint density at radius 2 is 2.18 bits per heavy atom. The number of H-pyrrole nitrogens is 1. The van der Waals surface area contributed by atoms with Crippen molar-refractivity contribution in [1.82, 2.24) is 15.2 Å². The van der Waals surface area contributed by atoms with Crippen molar-refractivity contribution in [3.63, 3.8) is 0 Å². The van der Waals surface area contributed by atoms with Crippen LogP contribution in [0.1, 0.15) is 26.2 Å². The molecular formula is C13H17N3O. The SMILES string of the molecule is CCCCCOc1ccc(-c2ccn[nH]2)nc1. The van der Waals surface area contributed by atoms with Crippen molar-refractivity contribution >= 4 is 0 Å². The van der Waals surface area contributed by atoms with Gasteiger partial charge in [-0.05, 0) is 24.6 Å². The molecule has 0 saturated heterocycles. The molecule has 0 atom stereocenters. The molecule has 0 spiro atoms. The summed E-state index contributed by atoms with van der Waals surface area (Å²) in [6.07, 6.45) is 6.98. The van der Waals surface area contributed by atoms with E-state index in [1.807, 2.05) is 18.2 Å². The van der Waals surface area contributed by atoms with E-state index in [2.05, 4.69) is 22.1 Å². The van der Waals surface area contributed by atoms with Gasteiger partial charge >= 0.3 is 0 Å². The monoisotopic (exact) mass is 231 g/mol. The topological polar surface area (TPSA) is 50.8 Å². The first kappa shape index (κ1) is 11.6. The number of ether oxygens (including phenoxy) is 1. The number of unbranched alkanes of at least 4 members (excludes halogenated alkanes) is 2. The third kappa shape index (κ3) is 3.31. The zero-order chi connectivity index (χ0) is 11.9. The quantitative estimate of drug-likeness (QED) is 0.777. The Bertz CT molecular complexity index is 422. The fraction of sp³-hybridized carbons (Fsp3) is 0.385. The zero-order valence-corrected chi connectivity index (χ0v) is 10.0. The second kappa shape index (κ2) is 6.03.